The number of benzene rings is 1. The second kappa shape index (κ2) is 4.04. The lowest BCUT2D eigenvalue weighted by atomic mass is 10.2. The molecule has 0 amide bonds. The van der Waals surface area contributed by atoms with Gasteiger partial charge in [-0.15, -0.1) is 0 Å². The molecule has 4 heteroatoms. The van der Waals surface area contributed by atoms with Crippen LogP contribution in [-0.4, -0.2) is 25.7 Å². The van der Waals surface area contributed by atoms with Crippen LogP contribution in [0.3, 0.4) is 0 Å². The summed E-state index contributed by atoms with van der Waals surface area (Å²) >= 11 is 0. The fourth-order valence-electron chi connectivity index (χ4n) is 1.65. The predicted octanol–water partition coefficient (Wildman–Crippen LogP) is 1.81. The first-order valence-corrected chi connectivity index (χ1v) is 5.21. The number of esters is 1. The van der Waals surface area contributed by atoms with Crippen LogP contribution in [0.5, 0.6) is 5.75 Å². The molecule has 0 bridgehead atoms. The Morgan fingerprint density at radius 1 is 1.25 bits per heavy atom. The maximum Gasteiger partial charge on any atom is 0.331 e. The molecule has 4 nitrogen and oxygen atoms in total. The van der Waals surface area contributed by atoms with Gasteiger partial charge in [-0.25, -0.2) is 4.79 Å². The van der Waals surface area contributed by atoms with Gasteiger partial charge in [-0.05, 0) is 37.1 Å². The summed E-state index contributed by atoms with van der Waals surface area (Å²) in [6.45, 7) is 0. The maximum atomic E-state index is 11.5. The van der Waals surface area contributed by atoms with E-state index >= 15 is 0 Å². The van der Waals surface area contributed by atoms with E-state index in [0.717, 1.165) is 24.3 Å². The molecule has 1 aliphatic carbocycles. The average molecular weight is 221 g/mol. The summed E-state index contributed by atoms with van der Waals surface area (Å²) in [5.74, 6) is 0.608. The van der Waals surface area contributed by atoms with E-state index in [2.05, 4.69) is 5.32 Å². The molecule has 0 heterocycles. The summed E-state index contributed by atoms with van der Waals surface area (Å²) < 4.78 is 9.83. The van der Waals surface area contributed by atoms with Gasteiger partial charge in [0.2, 0.25) is 0 Å². The van der Waals surface area contributed by atoms with Gasteiger partial charge in [-0.3, -0.25) is 0 Å². The van der Waals surface area contributed by atoms with Crippen molar-refractivity contribution in [2.75, 3.05) is 19.5 Å². The smallest absolute Gasteiger partial charge is 0.331 e. The number of carbonyl (C=O) groups excluding carboxylic acids is 1. The lowest BCUT2D eigenvalue weighted by Gasteiger charge is -2.16. The Bertz CT molecular complexity index is 382. The normalized spacial score (nSPS) is 16.4. The molecule has 2 rings (SSSR count). The van der Waals surface area contributed by atoms with Crippen LogP contribution in [0.25, 0.3) is 0 Å². The van der Waals surface area contributed by atoms with Crippen LogP contribution in [0.4, 0.5) is 5.69 Å². The highest BCUT2D eigenvalue weighted by Gasteiger charge is 2.51. The van der Waals surface area contributed by atoms with Gasteiger partial charge in [0.25, 0.3) is 0 Å². The monoisotopic (exact) mass is 221 g/mol. The second-order valence-electron chi connectivity index (χ2n) is 3.93. The zero-order valence-corrected chi connectivity index (χ0v) is 9.45. The molecular weight excluding hydrogens is 206 g/mol. The van der Waals surface area contributed by atoms with Crippen molar-refractivity contribution < 1.29 is 14.3 Å². The van der Waals surface area contributed by atoms with Crippen LogP contribution >= 0.6 is 0 Å². The van der Waals surface area contributed by atoms with Gasteiger partial charge in [0.15, 0.2) is 0 Å². The van der Waals surface area contributed by atoms with Crippen LogP contribution in [0, 0.1) is 0 Å². The molecule has 1 saturated carbocycles. The van der Waals surface area contributed by atoms with Gasteiger partial charge < -0.3 is 14.8 Å². The van der Waals surface area contributed by atoms with Crippen molar-refractivity contribution in [1.29, 1.82) is 0 Å². The van der Waals surface area contributed by atoms with E-state index in [1.54, 1.807) is 7.11 Å². The summed E-state index contributed by atoms with van der Waals surface area (Å²) in [4.78, 5) is 11.5. The number of hydrogen-bond donors (Lipinski definition) is 1. The van der Waals surface area contributed by atoms with Crippen molar-refractivity contribution in [1.82, 2.24) is 0 Å². The Labute approximate surface area is 94.6 Å². The molecule has 0 saturated heterocycles. The van der Waals surface area contributed by atoms with Gasteiger partial charge in [0, 0.05) is 5.69 Å². The summed E-state index contributed by atoms with van der Waals surface area (Å²) in [7, 11) is 3.04. The summed E-state index contributed by atoms with van der Waals surface area (Å²) in [6.07, 6.45) is 1.65. The molecule has 0 atom stereocenters. The molecule has 0 aromatic heterocycles. The van der Waals surface area contributed by atoms with Gasteiger partial charge in [0.05, 0.1) is 14.2 Å². The van der Waals surface area contributed by atoms with E-state index < -0.39 is 5.54 Å². The van der Waals surface area contributed by atoms with Crippen LogP contribution in [-0.2, 0) is 9.53 Å². The minimum absolute atomic E-state index is 0.191. The van der Waals surface area contributed by atoms with Crippen molar-refractivity contribution >= 4 is 11.7 Å². The van der Waals surface area contributed by atoms with Crippen molar-refractivity contribution in [2.45, 2.75) is 18.4 Å². The van der Waals surface area contributed by atoms with Crippen molar-refractivity contribution in [3.8, 4) is 5.75 Å². The van der Waals surface area contributed by atoms with E-state index in [0.29, 0.717) is 0 Å². The number of carbonyl (C=O) groups is 1. The average Bonchev–Trinajstić information content (AvgIpc) is 3.10. The SMILES string of the molecule is COC(=O)C1(Nc2ccc(OC)cc2)CC1. The number of anilines is 1. The Morgan fingerprint density at radius 2 is 1.88 bits per heavy atom. The third-order valence-corrected chi connectivity index (χ3v) is 2.80. The first-order chi connectivity index (χ1) is 7.70. The third-order valence-electron chi connectivity index (χ3n) is 2.80. The highest BCUT2D eigenvalue weighted by molar-refractivity contribution is 5.87. The predicted molar refractivity (Wildman–Crippen MR) is 60.6 cm³/mol. The number of hydrogen-bond acceptors (Lipinski definition) is 4. The molecule has 16 heavy (non-hydrogen) atoms. The Hall–Kier alpha value is -1.71. The molecule has 0 unspecified atom stereocenters. The molecular formula is C12H15NO3. The summed E-state index contributed by atoms with van der Waals surface area (Å²) in [5.41, 5.74) is 0.410. The van der Waals surface area contributed by atoms with E-state index in [1.165, 1.54) is 7.11 Å². The minimum atomic E-state index is -0.497. The summed E-state index contributed by atoms with van der Waals surface area (Å²) in [6, 6.07) is 7.50. The first kappa shape index (κ1) is 10.8. The molecule has 1 fully saturated rings. The molecule has 1 aliphatic rings. The first-order valence-electron chi connectivity index (χ1n) is 5.21. The van der Waals surface area contributed by atoms with Crippen molar-refractivity contribution in [3.05, 3.63) is 24.3 Å². The van der Waals surface area contributed by atoms with Crippen LogP contribution in [0.15, 0.2) is 24.3 Å². The fraction of sp³-hybridized carbons (Fsp3) is 0.417. The zero-order valence-electron chi connectivity index (χ0n) is 9.45. The van der Waals surface area contributed by atoms with E-state index in [1.807, 2.05) is 24.3 Å². The minimum Gasteiger partial charge on any atom is -0.497 e. The fourth-order valence-corrected chi connectivity index (χ4v) is 1.65. The second-order valence-corrected chi connectivity index (χ2v) is 3.93. The maximum absolute atomic E-state index is 11.5. The Morgan fingerprint density at radius 3 is 2.31 bits per heavy atom. The van der Waals surface area contributed by atoms with Gasteiger partial charge in [-0.2, -0.15) is 0 Å². The van der Waals surface area contributed by atoms with Crippen LogP contribution < -0.4 is 10.1 Å². The van der Waals surface area contributed by atoms with Crippen LogP contribution in [0.2, 0.25) is 0 Å². The molecule has 0 aliphatic heterocycles. The highest BCUT2D eigenvalue weighted by Crippen LogP contribution is 2.40. The largest absolute Gasteiger partial charge is 0.497 e. The standard InChI is InChI=1S/C12H15NO3/c1-15-10-5-3-9(4-6-10)13-12(7-8-12)11(14)16-2/h3-6,13H,7-8H2,1-2H3. The van der Waals surface area contributed by atoms with Crippen molar-refractivity contribution in [2.24, 2.45) is 0 Å². The van der Waals surface area contributed by atoms with E-state index in [9.17, 15) is 4.79 Å². The zero-order chi connectivity index (χ0) is 11.6. The molecule has 0 radical (unpaired) electrons. The molecule has 1 aromatic carbocycles. The van der Waals surface area contributed by atoms with Crippen LogP contribution in [0.1, 0.15) is 12.8 Å². The third kappa shape index (κ3) is 1.96. The highest BCUT2D eigenvalue weighted by atomic mass is 16.5. The van der Waals surface area contributed by atoms with Gasteiger partial charge >= 0.3 is 5.97 Å². The molecule has 86 valence electrons. The number of rotatable bonds is 4. The topological polar surface area (TPSA) is 47.6 Å². The number of ether oxygens (including phenoxy) is 2. The van der Waals surface area contributed by atoms with Gasteiger partial charge in [-0.1, -0.05) is 0 Å². The Balaban J connectivity index is 2.06. The van der Waals surface area contributed by atoms with E-state index in [4.69, 9.17) is 9.47 Å². The van der Waals surface area contributed by atoms with E-state index in [-0.39, 0.29) is 5.97 Å². The summed E-state index contributed by atoms with van der Waals surface area (Å²) in [5, 5.41) is 3.20. The molecule has 0 spiro atoms. The Kier molecular flexibility index (Phi) is 2.73. The quantitative estimate of drug-likeness (QED) is 0.788. The lowest BCUT2D eigenvalue weighted by molar-refractivity contribution is -0.142. The lowest BCUT2D eigenvalue weighted by Crippen LogP contribution is -2.32. The number of nitrogens with one attached hydrogen (secondary N) is 1. The molecule has 1 aromatic rings. The van der Waals surface area contributed by atoms with Crippen molar-refractivity contribution in [3.63, 3.8) is 0 Å². The molecule has 1 N–H and O–H groups in total. The van der Waals surface area contributed by atoms with Gasteiger partial charge in [0.1, 0.15) is 11.3 Å². The number of methoxy groups -OCH3 is 2.